The molecule has 2 heterocycles. The summed E-state index contributed by atoms with van der Waals surface area (Å²) >= 11 is 0. The van der Waals surface area contributed by atoms with E-state index in [1.54, 1.807) is 0 Å². The van der Waals surface area contributed by atoms with E-state index in [0.717, 1.165) is 44.4 Å². The Bertz CT molecular complexity index is 1620. The summed E-state index contributed by atoms with van der Waals surface area (Å²) in [6.45, 7) is 4.44. The Hall–Kier alpha value is -4.24. The molecule has 0 amide bonds. The van der Waals surface area contributed by atoms with Gasteiger partial charge in [-0.15, -0.1) is 0 Å². The van der Waals surface area contributed by atoms with Crippen molar-refractivity contribution in [2.24, 2.45) is 0 Å². The fourth-order valence-electron chi connectivity index (χ4n) is 4.49. The third kappa shape index (κ3) is 3.56. The van der Waals surface area contributed by atoms with Gasteiger partial charge in [0.1, 0.15) is 5.52 Å². The predicted octanol–water partition coefficient (Wildman–Crippen LogP) is 8.50. The summed E-state index contributed by atoms with van der Waals surface area (Å²) in [6.07, 6.45) is 1.90. The Morgan fingerprint density at radius 3 is 2.18 bits per heavy atom. The van der Waals surface area contributed by atoms with Gasteiger partial charge < -0.3 is 4.42 Å². The standard InChI is InChI=1S/C31H24N2O/c1-20(2)23-13-14-26-24(17-23)15-16-32-29(26)25-18-27(21-9-5-3-6-10-21)30-28(19-25)33-31(34-30)22-11-7-4-8-12-22/h3-20H,1-2H3. The molecule has 0 N–H and O–H groups in total. The zero-order chi connectivity index (χ0) is 23.1. The van der Waals surface area contributed by atoms with Crippen LogP contribution in [0.15, 0.2) is 108 Å². The van der Waals surface area contributed by atoms with Gasteiger partial charge in [0.2, 0.25) is 5.89 Å². The maximum Gasteiger partial charge on any atom is 0.227 e. The minimum absolute atomic E-state index is 0.480. The molecule has 0 saturated heterocycles. The van der Waals surface area contributed by atoms with Gasteiger partial charge in [0.15, 0.2) is 5.58 Å². The summed E-state index contributed by atoms with van der Waals surface area (Å²) in [5.74, 6) is 1.10. The van der Waals surface area contributed by atoms with E-state index in [1.165, 1.54) is 10.9 Å². The monoisotopic (exact) mass is 440 g/mol. The molecule has 0 unspecified atom stereocenters. The lowest BCUT2D eigenvalue weighted by atomic mass is 9.95. The molecule has 6 aromatic rings. The normalized spacial score (nSPS) is 11.5. The van der Waals surface area contributed by atoms with Crippen LogP contribution >= 0.6 is 0 Å². The van der Waals surface area contributed by atoms with Crippen molar-refractivity contribution in [3.05, 3.63) is 109 Å². The van der Waals surface area contributed by atoms with Crippen molar-refractivity contribution in [3.63, 3.8) is 0 Å². The second kappa shape index (κ2) is 8.27. The molecule has 2 aromatic heterocycles. The van der Waals surface area contributed by atoms with Crippen LogP contribution in [0.1, 0.15) is 25.3 Å². The number of aromatic nitrogens is 2. The van der Waals surface area contributed by atoms with E-state index >= 15 is 0 Å². The lowest BCUT2D eigenvalue weighted by Gasteiger charge is -2.11. The van der Waals surface area contributed by atoms with Gasteiger partial charge in [-0.2, -0.15) is 0 Å². The fraction of sp³-hybridized carbons (Fsp3) is 0.0968. The van der Waals surface area contributed by atoms with Crippen LogP contribution in [0.2, 0.25) is 0 Å². The summed E-state index contributed by atoms with van der Waals surface area (Å²) in [4.78, 5) is 9.68. The zero-order valence-electron chi connectivity index (χ0n) is 19.2. The van der Waals surface area contributed by atoms with Gasteiger partial charge in [-0.3, -0.25) is 4.98 Å². The van der Waals surface area contributed by atoms with Crippen molar-refractivity contribution in [3.8, 4) is 33.8 Å². The van der Waals surface area contributed by atoms with E-state index in [0.29, 0.717) is 11.8 Å². The van der Waals surface area contributed by atoms with Crippen LogP contribution in [0.4, 0.5) is 0 Å². The quantitative estimate of drug-likeness (QED) is 0.276. The van der Waals surface area contributed by atoms with Gasteiger partial charge in [0.05, 0.1) is 5.69 Å². The number of fused-ring (bicyclic) bond motifs is 2. The summed E-state index contributed by atoms with van der Waals surface area (Å²) in [6, 6.07) is 33.4. The van der Waals surface area contributed by atoms with Crippen molar-refractivity contribution < 1.29 is 4.42 Å². The third-order valence-corrected chi connectivity index (χ3v) is 6.32. The van der Waals surface area contributed by atoms with Crippen LogP contribution < -0.4 is 0 Å². The van der Waals surface area contributed by atoms with E-state index in [9.17, 15) is 0 Å². The highest BCUT2D eigenvalue weighted by Crippen LogP contribution is 2.38. The van der Waals surface area contributed by atoms with Gasteiger partial charge in [0, 0.05) is 28.3 Å². The third-order valence-electron chi connectivity index (χ3n) is 6.32. The van der Waals surface area contributed by atoms with Crippen LogP contribution in [-0.4, -0.2) is 9.97 Å². The SMILES string of the molecule is CC(C)c1ccc2c(-c3cc(-c4ccccc4)c4oc(-c5ccccc5)nc4c3)nccc2c1. The molecular weight excluding hydrogens is 416 g/mol. The lowest BCUT2D eigenvalue weighted by Crippen LogP contribution is -1.91. The Balaban J connectivity index is 1.60. The maximum absolute atomic E-state index is 6.33. The lowest BCUT2D eigenvalue weighted by molar-refractivity contribution is 0.621. The Morgan fingerprint density at radius 2 is 1.44 bits per heavy atom. The summed E-state index contributed by atoms with van der Waals surface area (Å²) in [7, 11) is 0. The number of pyridine rings is 1. The van der Waals surface area contributed by atoms with Crippen LogP contribution in [-0.2, 0) is 0 Å². The zero-order valence-corrected chi connectivity index (χ0v) is 19.2. The predicted molar refractivity (Wildman–Crippen MR) is 140 cm³/mol. The highest BCUT2D eigenvalue weighted by molar-refractivity contribution is 6.00. The van der Waals surface area contributed by atoms with E-state index in [-0.39, 0.29) is 0 Å². The largest absolute Gasteiger partial charge is 0.435 e. The molecule has 0 atom stereocenters. The molecule has 0 saturated carbocycles. The van der Waals surface area contributed by atoms with Gasteiger partial charge in [-0.05, 0) is 52.8 Å². The number of rotatable bonds is 4. The molecule has 0 radical (unpaired) electrons. The molecule has 34 heavy (non-hydrogen) atoms. The van der Waals surface area contributed by atoms with E-state index in [1.807, 2.05) is 54.7 Å². The van der Waals surface area contributed by atoms with E-state index in [4.69, 9.17) is 14.4 Å². The number of benzene rings is 4. The average Bonchev–Trinajstić information content (AvgIpc) is 3.33. The second-order valence-electron chi connectivity index (χ2n) is 8.92. The average molecular weight is 441 g/mol. The maximum atomic E-state index is 6.33. The highest BCUT2D eigenvalue weighted by Gasteiger charge is 2.17. The Kier molecular flexibility index (Phi) is 4.96. The molecule has 164 valence electrons. The topological polar surface area (TPSA) is 38.9 Å². The highest BCUT2D eigenvalue weighted by atomic mass is 16.3. The summed E-state index contributed by atoms with van der Waals surface area (Å²) in [5.41, 5.74) is 7.99. The molecular formula is C31H24N2O. The summed E-state index contributed by atoms with van der Waals surface area (Å²) in [5, 5.41) is 2.33. The van der Waals surface area contributed by atoms with E-state index in [2.05, 4.69) is 62.4 Å². The number of oxazole rings is 1. The minimum Gasteiger partial charge on any atom is -0.435 e. The van der Waals surface area contributed by atoms with Crippen molar-refractivity contribution in [2.75, 3.05) is 0 Å². The first-order chi connectivity index (χ1) is 16.7. The molecule has 3 heteroatoms. The Labute approximate surface area is 198 Å². The molecule has 0 aliphatic heterocycles. The van der Waals surface area contributed by atoms with Gasteiger partial charge in [-0.25, -0.2) is 4.98 Å². The molecule has 0 fully saturated rings. The fourth-order valence-corrected chi connectivity index (χ4v) is 4.49. The van der Waals surface area contributed by atoms with Crippen molar-refractivity contribution >= 4 is 21.9 Å². The van der Waals surface area contributed by atoms with Crippen LogP contribution in [0.25, 0.3) is 55.7 Å². The molecule has 6 rings (SSSR count). The number of nitrogens with zero attached hydrogens (tertiary/aromatic N) is 2. The van der Waals surface area contributed by atoms with E-state index < -0.39 is 0 Å². The van der Waals surface area contributed by atoms with Gasteiger partial charge >= 0.3 is 0 Å². The van der Waals surface area contributed by atoms with Gasteiger partial charge in [-0.1, -0.05) is 80.6 Å². The van der Waals surface area contributed by atoms with Crippen molar-refractivity contribution in [1.29, 1.82) is 0 Å². The molecule has 3 nitrogen and oxygen atoms in total. The smallest absolute Gasteiger partial charge is 0.227 e. The van der Waals surface area contributed by atoms with Crippen LogP contribution in [0, 0.1) is 0 Å². The molecule has 0 aliphatic rings. The molecule has 0 aliphatic carbocycles. The van der Waals surface area contributed by atoms with Crippen molar-refractivity contribution in [1.82, 2.24) is 9.97 Å². The number of hydrogen-bond donors (Lipinski definition) is 0. The first-order valence-corrected chi connectivity index (χ1v) is 11.6. The summed E-state index contributed by atoms with van der Waals surface area (Å²) < 4.78 is 6.33. The van der Waals surface area contributed by atoms with Crippen LogP contribution in [0.3, 0.4) is 0 Å². The first kappa shape index (κ1) is 20.4. The van der Waals surface area contributed by atoms with Crippen LogP contribution in [0.5, 0.6) is 0 Å². The number of hydrogen-bond acceptors (Lipinski definition) is 3. The van der Waals surface area contributed by atoms with Crippen molar-refractivity contribution in [2.45, 2.75) is 19.8 Å². The first-order valence-electron chi connectivity index (χ1n) is 11.6. The minimum atomic E-state index is 0.480. The second-order valence-corrected chi connectivity index (χ2v) is 8.92. The molecule has 0 spiro atoms. The Morgan fingerprint density at radius 1 is 0.706 bits per heavy atom. The molecule has 0 bridgehead atoms. The van der Waals surface area contributed by atoms with Gasteiger partial charge in [0.25, 0.3) is 0 Å². The molecule has 4 aromatic carbocycles.